The second-order valence-corrected chi connectivity index (χ2v) is 3.32. The minimum absolute atomic E-state index is 0.135. The number of hydrogen-bond acceptors (Lipinski definition) is 4. The molecule has 1 amide bonds. The molecule has 6 heteroatoms. The molecular formula is C10H12N4O2. The molecule has 0 aromatic carbocycles. The van der Waals surface area contributed by atoms with Crippen molar-refractivity contribution in [2.75, 3.05) is 5.32 Å². The van der Waals surface area contributed by atoms with Gasteiger partial charge in [-0.2, -0.15) is 5.26 Å². The van der Waals surface area contributed by atoms with Crippen molar-refractivity contribution >= 4 is 11.9 Å². The van der Waals surface area contributed by atoms with Gasteiger partial charge in [-0.05, 0) is 13.3 Å². The smallest absolute Gasteiger partial charge is 0.255 e. The van der Waals surface area contributed by atoms with Crippen LogP contribution in [0.3, 0.4) is 0 Å². The molecule has 0 spiro atoms. The first-order chi connectivity index (χ1) is 7.54. The van der Waals surface area contributed by atoms with Crippen LogP contribution in [0.1, 0.15) is 24.6 Å². The van der Waals surface area contributed by atoms with Gasteiger partial charge in [-0.1, -0.05) is 0 Å². The molecule has 0 aliphatic heterocycles. The Labute approximate surface area is 92.3 Å². The van der Waals surface area contributed by atoms with Gasteiger partial charge in [0, 0.05) is 24.6 Å². The fourth-order valence-corrected chi connectivity index (χ4v) is 1.31. The van der Waals surface area contributed by atoms with Crippen LogP contribution in [0.25, 0.3) is 0 Å². The van der Waals surface area contributed by atoms with Gasteiger partial charge in [0.05, 0.1) is 6.07 Å². The maximum absolute atomic E-state index is 11.6. The highest BCUT2D eigenvalue weighted by Crippen LogP contribution is 2.04. The first-order valence-corrected chi connectivity index (χ1v) is 4.79. The van der Waals surface area contributed by atoms with Gasteiger partial charge in [0.1, 0.15) is 0 Å². The summed E-state index contributed by atoms with van der Waals surface area (Å²) in [5.41, 5.74) is 0.699. The maximum Gasteiger partial charge on any atom is 0.255 e. The van der Waals surface area contributed by atoms with Crippen LogP contribution in [-0.2, 0) is 11.2 Å². The molecule has 0 saturated carbocycles. The number of aromatic amines is 1. The Balaban J connectivity index is 3.03. The monoisotopic (exact) mass is 220 g/mol. The fraction of sp³-hybridized carbons (Fsp3) is 0.400. The van der Waals surface area contributed by atoms with E-state index in [-0.39, 0.29) is 23.8 Å². The van der Waals surface area contributed by atoms with Crippen molar-refractivity contribution in [3.8, 4) is 6.07 Å². The van der Waals surface area contributed by atoms with Crippen LogP contribution >= 0.6 is 0 Å². The fourth-order valence-electron chi connectivity index (χ4n) is 1.31. The molecule has 2 N–H and O–H groups in total. The molecule has 1 rings (SSSR count). The van der Waals surface area contributed by atoms with Crippen LogP contribution in [0.5, 0.6) is 0 Å². The number of carbonyl (C=O) groups is 1. The van der Waals surface area contributed by atoms with E-state index in [2.05, 4.69) is 15.3 Å². The molecule has 0 saturated heterocycles. The molecule has 1 aromatic rings. The van der Waals surface area contributed by atoms with Crippen molar-refractivity contribution in [1.29, 1.82) is 5.26 Å². The van der Waals surface area contributed by atoms with E-state index in [1.807, 2.05) is 6.07 Å². The number of rotatable bonds is 3. The largest absolute Gasteiger partial charge is 0.296 e. The predicted octanol–water partition coefficient (Wildman–Crippen LogP) is 0.493. The van der Waals surface area contributed by atoms with Crippen molar-refractivity contribution in [2.45, 2.75) is 26.7 Å². The highest BCUT2D eigenvalue weighted by atomic mass is 16.1. The van der Waals surface area contributed by atoms with Crippen LogP contribution in [-0.4, -0.2) is 15.9 Å². The summed E-state index contributed by atoms with van der Waals surface area (Å²) in [6.45, 7) is 3.01. The first kappa shape index (κ1) is 11.9. The second kappa shape index (κ2) is 5.07. The number of nitrogens with one attached hydrogen (secondary N) is 2. The summed E-state index contributed by atoms with van der Waals surface area (Å²) < 4.78 is 0. The maximum atomic E-state index is 11.6. The van der Waals surface area contributed by atoms with Gasteiger partial charge in [0.2, 0.25) is 11.9 Å². The lowest BCUT2D eigenvalue weighted by Gasteiger charge is -2.05. The molecule has 0 aliphatic carbocycles. The summed E-state index contributed by atoms with van der Waals surface area (Å²) in [6.07, 6.45) is 0.635. The Hall–Kier alpha value is -2.16. The Morgan fingerprint density at radius 1 is 1.62 bits per heavy atom. The number of nitriles is 1. The summed E-state index contributed by atoms with van der Waals surface area (Å²) in [6, 6.07) is 1.97. The van der Waals surface area contributed by atoms with Gasteiger partial charge in [-0.15, -0.1) is 0 Å². The van der Waals surface area contributed by atoms with E-state index in [0.29, 0.717) is 17.7 Å². The van der Waals surface area contributed by atoms with Crippen molar-refractivity contribution in [1.82, 2.24) is 9.97 Å². The molecule has 1 aromatic heterocycles. The van der Waals surface area contributed by atoms with Crippen molar-refractivity contribution < 1.29 is 4.79 Å². The lowest BCUT2D eigenvalue weighted by atomic mass is 10.1. The van der Waals surface area contributed by atoms with E-state index in [9.17, 15) is 9.59 Å². The highest BCUT2D eigenvalue weighted by Gasteiger charge is 2.08. The number of H-pyrrole nitrogens is 1. The zero-order chi connectivity index (χ0) is 12.1. The number of aryl methyl sites for hydroxylation is 1. The van der Waals surface area contributed by atoms with E-state index in [1.54, 1.807) is 6.92 Å². The number of carbonyl (C=O) groups excluding carboxylic acids is 1. The van der Waals surface area contributed by atoms with Gasteiger partial charge in [-0.25, -0.2) is 4.98 Å². The third-order valence-corrected chi connectivity index (χ3v) is 2.00. The summed E-state index contributed by atoms with van der Waals surface area (Å²) in [7, 11) is 0. The Bertz CT molecular complexity index is 499. The lowest BCUT2D eigenvalue weighted by molar-refractivity contribution is -0.114. The summed E-state index contributed by atoms with van der Waals surface area (Å²) in [5.74, 6) is -0.164. The molecule has 0 aliphatic rings. The zero-order valence-corrected chi connectivity index (χ0v) is 9.13. The molecule has 0 fully saturated rings. The van der Waals surface area contributed by atoms with Gasteiger partial charge in [0.25, 0.3) is 5.56 Å². The lowest BCUT2D eigenvalue weighted by Crippen LogP contribution is -2.20. The average Bonchev–Trinajstić information content (AvgIpc) is 2.15. The van der Waals surface area contributed by atoms with E-state index >= 15 is 0 Å². The Morgan fingerprint density at radius 2 is 2.31 bits per heavy atom. The molecule has 0 atom stereocenters. The first-order valence-electron chi connectivity index (χ1n) is 4.79. The third-order valence-electron chi connectivity index (χ3n) is 2.00. The Morgan fingerprint density at radius 3 is 2.81 bits per heavy atom. The molecule has 84 valence electrons. The topological polar surface area (TPSA) is 98.6 Å². The minimum Gasteiger partial charge on any atom is -0.296 e. The van der Waals surface area contributed by atoms with Crippen molar-refractivity contribution in [3.63, 3.8) is 0 Å². The normalized spacial score (nSPS) is 9.56. The van der Waals surface area contributed by atoms with Crippen molar-refractivity contribution in [3.05, 3.63) is 21.6 Å². The number of nitrogens with zero attached hydrogens (tertiary/aromatic N) is 2. The van der Waals surface area contributed by atoms with Gasteiger partial charge < -0.3 is 0 Å². The predicted molar refractivity (Wildman–Crippen MR) is 57.8 cm³/mol. The number of aromatic nitrogens is 2. The zero-order valence-electron chi connectivity index (χ0n) is 9.13. The molecular weight excluding hydrogens is 208 g/mol. The number of hydrogen-bond donors (Lipinski definition) is 2. The average molecular weight is 220 g/mol. The van der Waals surface area contributed by atoms with Gasteiger partial charge in [-0.3, -0.25) is 19.9 Å². The molecule has 6 nitrogen and oxygen atoms in total. The van der Waals surface area contributed by atoms with E-state index in [0.717, 1.165) is 0 Å². The van der Waals surface area contributed by atoms with Crippen LogP contribution in [0.15, 0.2) is 4.79 Å². The van der Waals surface area contributed by atoms with E-state index < -0.39 is 0 Å². The van der Waals surface area contributed by atoms with E-state index in [1.165, 1.54) is 6.92 Å². The molecule has 1 heterocycles. The highest BCUT2D eigenvalue weighted by molar-refractivity contribution is 5.86. The quantitative estimate of drug-likeness (QED) is 0.774. The van der Waals surface area contributed by atoms with Crippen LogP contribution in [0, 0.1) is 18.3 Å². The second-order valence-electron chi connectivity index (χ2n) is 3.32. The molecule has 0 bridgehead atoms. The van der Waals surface area contributed by atoms with Crippen molar-refractivity contribution in [2.24, 2.45) is 0 Å². The van der Waals surface area contributed by atoms with Crippen LogP contribution in [0.2, 0.25) is 0 Å². The SMILES string of the molecule is CC(=O)Nc1nc(C)c(CCC#N)c(=O)[nH]1. The summed E-state index contributed by atoms with van der Waals surface area (Å²) >= 11 is 0. The van der Waals surface area contributed by atoms with Crippen LogP contribution in [0.4, 0.5) is 5.95 Å². The number of anilines is 1. The van der Waals surface area contributed by atoms with Crippen LogP contribution < -0.4 is 10.9 Å². The minimum atomic E-state index is -0.313. The summed E-state index contributed by atoms with van der Waals surface area (Å²) in [4.78, 5) is 28.8. The molecule has 0 radical (unpaired) electrons. The standard InChI is InChI=1S/C10H12N4O2/c1-6-8(4-3-5-11)9(16)14-10(12-6)13-7(2)15/h3-4H2,1-2H3,(H2,12,13,14,15,16). The molecule has 16 heavy (non-hydrogen) atoms. The van der Waals surface area contributed by atoms with Gasteiger partial charge in [0.15, 0.2) is 0 Å². The van der Waals surface area contributed by atoms with Gasteiger partial charge >= 0.3 is 0 Å². The molecule has 0 unspecified atom stereocenters. The van der Waals surface area contributed by atoms with E-state index in [4.69, 9.17) is 5.26 Å². The number of amides is 1. The Kier molecular flexibility index (Phi) is 3.78. The summed E-state index contributed by atoms with van der Waals surface area (Å²) in [5, 5.41) is 10.8. The third kappa shape index (κ3) is 2.92.